The number of ether oxygens (including phenoxy) is 1. The molecule has 144 valence electrons. The number of carbonyl (C=O) groups excluding carboxylic acids is 1. The third-order valence-corrected chi connectivity index (χ3v) is 6.38. The number of amides is 1. The van der Waals surface area contributed by atoms with E-state index in [1.54, 1.807) is 0 Å². The zero-order chi connectivity index (χ0) is 18.1. The number of nitrogens with one attached hydrogen (secondary N) is 1. The summed E-state index contributed by atoms with van der Waals surface area (Å²) in [7, 11) is 0. The normalized spacial score (nSPS) is 31.0. The Bertz CT molecular complexity index is 638. The Morgan fingerprint density at radius 2 is 2.15 bits per heavy atom. The van der Waals surface area contributed by atoms with E-state index in [-0.39, 0.29) is 17.9 Å². The molecule has 1 aromatic heterocycles. The highest BCUT2D eigenvalue weighted by molar-refractivity contribution is 5.88. The zero-order valence-corrected chi connectivity index (χ0v) is 16.1. The lowest BCUT2D eigenvalue weighted by molar-refractivity contribution is -0.155. The molecule has 0 radical (unpaired) electrons. The maximum Gasteiger partial charge on any atom is 0.254 e. The van der Waals surface area contributed by atoms with E-state index in [1.807, 2.05) is 6.20 Å². The topological polar surface area (TPSA) is 59.4 Å². The van der Waals surface area contributed by atoms with Gasteiger partial charge in [-0.3, -0.25) is 14.4 Å². The third-order valence-electron chi connectivity index (χ3n) is 6.38. The maximum atomic E-state index is 13.0. The molecular formula is C20H32N4O2. The molecule has 2 saturated heterocycles. The lowest BCUT2D eigenvalue weighted by atomic mass is 9.86. The van der Waals surface area contributed by atoms with Gasteiger partial charge in [0.25, 0.3) is 5.91 Å². The van der Waals surface area contributed by atoms with E-state index in [2.05, 4.69) is 39.9 Å². The van der Waals surface area contributed by atoms with Crippen LogP contribution in [0.1, 0.15) is 63.6 Å². The first kappa shape index (κ1) is 18.0. The Morgan fingerprint density at radius 1 is 1.35 bits per heavy atom. The number of nitrogens with zero attached hydrogens (tertiary/aromatic N) is 3. The minimum Gasteiger partial charge on any atom is -0.361 e. The fraction of sp³-hybridized carbons (Fsp3) is 0.800. The second-order valence-corrected chi connectivity index (χ2v) is 8.54. The van der Waals surface area contributed by atoms with Crippen LogP contribution >= 0.6 is 0 Å². The average molecular weight is 361 g/mol. The molecule has 1 aliphatic carbocycles. The summed E-state index contributed by atoms with van der Waals surface area (Å²) in [5, 5.41) is 7.57. The molecule has 3 heterocycles. The second kappa shape index (κ2) is 7.31. The Kier molecular flexibility index (Phi) is 5.06. The van der Waals surface area contributed by atoms with Gasteiger partial charge < -0.3 is 10.1 Å². The molecular weight excluding hydrogens is 328 g/mol. The second-order valence-electron chi connectivity index (χ2n) is 8.54. The van der Waals surface area contributed by atoms with E-state index < -0.39 is 5.60 Å². The van der Waals surface area contributed by atoms with Crippen molar-refractivity contribution in [2.24, 2.45) is 5.92 Å². The lowest BCUT2D eigenvalue weighted by Crippen LogP contribution is -2.59. The molecule has 2 aliphatic heterocycles. The van der Waals surface area contributed by atoms with E-state index >= 15 is 0 Å². The van der Waals surface area contributed by atoms with Crippen molar-refractivity contribution in [3.63, 3.8) is 0 Å². The Hall–Kier alpha value is -1.40. The summed E-state index contributed by atoms with van der Waals surface area (Å²) in [4.78, 5) is 15.4. The Labute approximate surface area is 156 Å². The van der Waals surface area contributed by atoms with Crippen LogP contribution in [-0.2, 0) is 9.53 Å². The van der Waals surface area contributed by atoms with Crippen LogP contribution in [0.2, 0.25) is 0 Å². The van der Waals surface area contributed by atoms with Gasteiger partial charge >= 0.3 is 0 Å². The first-order valence-electron chi connectivity index (χ1n) is 10.3. The summed E-state index contributed by atoms with van der Waals surface area (Å²) in [6.45, 7) is 8.14. The molecule has 0 unspecified atom stereocenters. The van der Waals surface area contributed by atoms with E-state index in [1.165, 1.54) is 32.1 Å². The molecule has 26 heavy (non-hydrogen) atoms. The molecule has 0 bridgehead atoms. The van der Waals surface area contributed by atoms with E-state index in [4.69, 9.17) is 4.74 Å². The quantitative estimate of drug-likeness (QED) is 0.895. The van der Waals surface area contributed by atoms with Crippen molar-refractivity contribution in [1.82, 2.24) is 20.0 Å². The summed E-state index contributed by atoms with van der Waals surface area (Å²) in [5.74, 6) is 0.855. The van der Waals surface area contributed by atoms with E-state index in [0.29, 0.717) is 19.7 Å². The molecule has 1 N–H and O–H groups in total. The van der Waals surface area contributed by atoms with Crippen molar-refractivity contribution in [3.05, 3.63) is 18.0 Å². The van der Waals surface area contributed by atoms with Gasteiger partial charge in [-0.25, -0.2) is 0 Å². The number of likely N-dealkylation sites (tertiary alicyclic amines) is 1. The monoisotopic (exact) mass is 360 g/mol. The van der Waals surface area contributed by atoms with Crippen molar-refractivity contribution >= 4 is 5.91 Å². The summed E-state index contributed by atoms with van der Waals surface area (Å²) in [6.07, 6.45) is 8.58. The summed E-state index contributed by atoms with van der Waals surface area (Å²) >= 11 is 0. The number of morpholine rings is 1. The van der Waals surface area contributed by atoms with Gasteiger partial charge in [-0.15, -0.1) is 0 Å². The molecule has 6 heteroatoms. The predicted octanol–water partition coefficient (Wildman–Crippen LogP) is 2.33. The fourth-order valence-corrected chi connectivity index (χ4v) is 5.14. The van der Waals surface area contributed by atoms with E-state index in [9.17, 15) is 4.79 Å². The molecule has 6 nitrogen and oxygen atoms in total. The smallest absolute Gasteiger partial charge is 0.254 e. The standard InChI is InChI=1S/C20H32N4O2/c1-15(2)24-18(8-9-22-24)17-13-23(12-16-6-4-3-5-7-16)14-20(17)19(25)21-10-11-26-20/h8-9,15-17H,3-7,10-14H2,1-2H3,(H,21,25)/t17-,20-/m1/s1. The van der Waals surface area contributed by atoms with Crippen LogP contribution in [0.15, 0.2) is 12.3 Å². The van der Waals surface area contributed by atoms with Crippen LogP contribution in [-0.4, -0.2) is 59.0 Å². The number of hydrogen-bond acceptors (Lipinski definition) is 4. The van der Waals surface area contributed by atoms with Crippen LogP contribution in [0.5, 0.6) is 0 Å². The first-order valence-corrected chi connectivity index (χ1v) is 10.3. The molecule has 1 aromatic rings. The number of aromatic nitrogens is 2. The molecule has 1 spiro atoms. The minimum atomic E-state index is -0.764. The van der Waals surface area contributed by atoms with E-state index in [0.717, 1.165) is 24.7 Å². The predicted molar refractivity (Wildman–Crippen MR) is 100 cm³/mol. The lowest BCUT2D eigenvalue weighted by Gasteiger charge is -2.37. The molecule has 1 amide bonds. The van der Waals surface area contributed by atoms with Gasteiger partial charge in [0.05, 0.1) is 12.5 Å². The molecule has 4 rings (SSSR count). The molecule has 3 aliphatic rings. The van der Waals surface area contributed by atoms with Crippen LogP contribution in [0, 0.1) is 5.92 Å². The largest absolute Gasteiger partial charge is 0.361 e. The van der Waals surface area contributed by atoms with Gasteiger partial charge in [-0.05, 0) is 38.7 Å². The van der Waals surface area contributed by atoms with Crippen molar-refractivity contribution in [1.29, 1.82) is 0 Å². The molecule has 3 fully saturated rings. The average Bonchev–Trinajstić information content (AvgIpc) is 3.24. The van der Waals surface area contributed by atoms with Gasteiger partial charge in [-0.2, -0.15) is 5.10 Å². The van der Waals surface area contributed by atoms with Crippen molar-refractivity contribution in [3.8, 4) is 0 Å². The van der Waals surface area contributed by atoms with Crippen LogP contribution in [0.4, 0.5) is 0 Å². The molecule has 1 saturated carbocycles. The van der Waals surface area contributed by atoms with Gasteiger partial charge in [-0.1, -0.05) is 19.3 Å². The van der Waals surface area contributed by atoms with Crippen molar-refractivity contribution < 1.29 is 9.53 Å². The number of hydrogen-bond donors (Lipinski definition) is 1. The number of carbonyl (C=O) groups is 1. The SMILES string of the molecule is CC(C)n1nccc1[C@H]1CN(CC2CCCCC2)C[C@@]12OCCNC2=O. The summed E-state index contributed by atoms with van der Waals surface area (Å²) < 4.78 is 8.29. The molecule has 2 atom stereocenters. The Morgan fingerprint density at radius 3 is 2.88 bits per heavy atom. The van der Waals surface area contributed by atoms with Crippen molar-refractivity contribution in [2.75, 3.05) is 32.8 Å². The van der Waals surface area contributed by atoms with Crippen LogP contribution in [0.25, 0.3) is 0 Å². The summed E-state index contributed by atoms with van der Waals surface area (Å²) in [5.41, 5.74) is 0.364. The minimum absolute atomic E-state index is 0.0382. The highest BCUT2D eigenvalue weighted by atomic mass is 16.5. The number of rotatable bonds is 4. The first-order chi connectivity index (χ1) is 12.6. The van der Waals surface area contributed by atoms with Crippen LogP contribution < -0.4 is 5.32 Å². The van der Waals surface area contributed by atoms with Gasteiger partial charge in [0.1, 0.15) is 0 Å². The molecule has 0 aromatic carbocycles. The zero-order valence-electron chi connectivity index (χ0n) is 16.1. The highest BCUT2D eigenvalue weighted by Gasteiger charge is 2.56. The summed E-state index contributed by atoms with van der Waals surface area (Å²) in [6, 6.07) is 2.35. The Balaban J connectivity index is 1.61. The van der Waals surface area contributed by atoms with Gasteiger partial charge in [0.15, 0.2) is 5.60 Å². The fourth-order valence-electron chi connectivity index (χ4n) is 5.14. The van der Waals surface area contributed by atoms with Crippen LogP contribution in [0.3, 0.4) is 0 Å². The maximum absolute atomic E-state index is 13.0. The van der Waals surface area contributed by atoms with Gasteiger partial charge in [0.2, 0.25) is 0 Å². The van der Waals surface area contributed by atoms with Crippen molar-refractivity contribution in [2.45, 2.75) is 63.5 Å². The highest BCUT2D eigenvalue weighted by Crippen LogP contribution is 2.41. The third kappa shape index (κ3) is 3.18. The van der Waals surface area contributed by atoms with Gasteiger partial charge in [0, 0.05) is 44.1 Å².